The van der Waals surface area contributed by atoms with Crippen LogP contribution in [0.15, 0.2) is 0 Å². The van der Waals surface area contributed by atoms with Crippen molar-refractivity contribution < 1.29 is 24.5 Å². The second-order valence-electron chi connectivity index (χ2n) is 22.8. The summed E-state index contributed by atoms with van der Waals surface area (Å²) < 4.78 is 5.49. The molecule has 0 aliphatic rings. The zero-order valence-electron chi connectivity index (χ0n) is 48.5. The molecule has 6 nitrogen and oxygen atoms in total. The number of amides is 1. The molecule has 3 N–H and O–H groups in total. The minimum absolute atomic E-state index is 0.0230. The number of aliphatic hydroxyl groups is 2. The number of unbranched alkanes of at least 4 members (excludes halogenated alkanes) is 51. The van der Waals surface area contributed by atoms with Gasteiger partial charge in [0.15, 0.2) is 0 Å². The van der Waals surface area contributed by atoms with E-state index in [9.17, 15) is 19.8 Å². The average molecular weight is 1000 g/mol. The Morgan fingerprint density at radius 3 is 0.859 bits per heavy atom. The van der Waals surface area contributed by atoms with Gasteiger partial charge < -0.3 is 20.3 Å². The summed E-state index contributed by atoms with van der Waals surface area (Å²) in [6.45, 7) is 4.97. The molecule has 0 aromatic carbocycles. The maximum atomic E-state index is 12.4. The lowest BCUT2D eigenvalue weighted by Crippen LogP contribution is -2.45. The molecule has 0 fully saturated rings. The maximum absolute atomic E-state index is 12.4. The third-order valence-corrected chi connectivity index (χ3v) is 15.7. The predicted molar refractivity (Wildman–Crippen MR) is 310 cm³/mol. The van der Waals surface area contributed by atoms with E-state index in [0.29, 0.717) is 25.9 Å². The second-order valence-corrected chi connectivity index (χ2v) is 22.8. The molecule has 0 saturated carbocycles. The van der Waals surface area contributed by atoms with E-state index in [2.05, 4.69) is 19.2 Å². The lowest BCUT2D eigenvalue weighted by atomic mass is 10.0. The Balaban J connectivity index is 3.28. The molecule has 0 saturated heterocycles. The van der Waals surface area contributed by atoms with Crippen molar-refractivity contribution in [3.63, 3.8) is 0 Å². The minimum atomic E-state index is -0.658. The number of ether oxygens (including phenoxy) is 1. The highest BCUT2D eigenvalue weighted by Gasteiger charge is 2.20. The lowest BCUT2D eigenvalue weighted by Gasteiger charge is -2.22. The topological polar surface area (TPSA) is 95.9 Å². The summed E-state index contributed by atoms with van der Waals surface area (Å²) in [6, 6.07) is -0.535. The van der Waals surface area contributed by atoms with Gasteiger partial charge in [0.2, 0.25) is 5.91 Å². The van der Waals surface area contributed by atoms with Crippen molar-refractivity contribution in [2.75, 3.05) is 13.2 Å². The van der Waals surface area contributed by atoms with Gasteiger partial charge >= 0.3 is 5.97 Å². The van der Waals surface area contributed by atoms with Crippen LogP contribution in [0, 0.1) is 0 Å². The zero-order chi connectivity index (χ0) is 51.4. The van der Waals surface area contributed by atoms with Crippen molar-refractivity contribution in [2.24, 2.45) is 0 Å². The molecular weight excluding hydrogens is 875 g/mol. The van der Waals surface area contributed by atoms with Gasteiger partial charge in [-0.05, 0) is 25.7 Å². The molecule has 0 spiro atoms. The normalized spacial score (nSPS) is 12.5. The van der Waals surface area contributed by atoms with Crippen LogP contribution in [0.3, 0.4) is 0 Å². The van der Waals surface area contributed by atoms with Crippen LogP contribution < -0.4 is 5.32 Å². The van der Waals surface area contributed by atoms with E-state index in [4.69, 9.17) is 4.74 Å². The Hall–Kier alpha value is -1.14. The molecule has 0 aromatic rings. The van der Waals surface area contributed by atoms with Crippen LogP contribution in [0.25, 0.3) is 0 Å². The monoisotopic (exact) mass is 1000 g/mol. The molecule has 2 atom stereocenters. The first-order valence-electron chi connectivity index (χ1n) is 32.8. The molecule has 0 aromatic heterocycles. The number of carbonyl (C=O) groups is 2. The van der Waals surface area contributed by atoms with Crippen molar-refractivity contribution in [1.29, 1.82) is 0 Å². The van der Waals surface area contributed by atoms with Crippen LogP contribution in [-0.4, -0.2) is 47.4 Å². The smallest absolute Gasteiger partial charge is 0.305 e. The fraction of sp³-hybridized carbons (Fsp3) is 0.969. The Kier molecular flexibility index (Phi) is 60.4. The molecule has 71 heavy (non-hydrogen) atoms. The van der Waals surface area contributed by atoms with Gasteiger partial charge in [-0.15, -0.1) is 0 Å². The standard InChI is InChI=1S/C65H129NO5/c1-3-5-7-9-11-13-15-35-39-43-47-51-55-59-65(70)71-60-56-52-48-44-40-37-34-32-30-28-26-24-22-20-18-16-17-19-21-23-25-27-29-31-33-36-38-42-46-50-54-58-64(69)66-62(61-67)63(68)57-53-49-45-41-14-12-10-8-6-4-2/h62-63,67-68H,3-61H2,1-2H3,(H,66,69). The van der Waals surface area contributed by atoms with E-state index in [1.807, 2.05) is 0 Å². The van der Waals surface area contributed by atoms with Crippen molar-refractivity contribution in [2.45, 2.75) is 392 Å². The first kappa shape index (κ1) is 69.9. The number of aliphatic hydroxyl groups excluding tert-OH is 2. The average Bonchev–Trinajstić information content (AvgIpc) is 3.37. The number of rotatable bonds is 62. The molecule has 424 valence electrons. The highest BCUT2D eigenvalue weighted by molar-refractivity contribution is 5.76. The summed E-state index contributed by atoms with van der Waals surface area (Å²) in [7, 11) is 0. The Morgan fingerprint density at radius 1 is 0.338 bits per heavy atom. The highest BCUT2D eigenvalue weighted by Crippen LogP contribution is 2.19. The van der Waals surface area contributed by atoms with E-state index in [-0.39, 0.29) is 18.5 Å². The lowest BCUT2D eigenvalue weighted by molar-refractivity contribution is -0.143. The van der Waals surface area contributed by atoms with Gasteiger partial charge in [-0.1, -0.05) is 341 Å². The molecule has 0 aliphatic heterocycles. The van der Waals surface area contributed by atoms with E-state index in [1.54, 1.807) is 0 Å². The van der Waals surface area contributed by atoms with Crippen LogP contribution in [0.1, 0.15) is 380 Å². The first-order chi connectivity index (χ1) is 35.0. The largest absolute Gasteiger partial charge is 0.466 e. The van der Waals surface area contributed by atoms with Crippen LogP contribution in [0.5, 0.6) is 0 Å². The van der Waals surface area contributed by atoms with Gasteiger partial charge in [-0.3, -0.25) is 9.59 Å². The summed E-state index contributed by atoms with van der Waals surface area (Å²) in [5, 5.41) is 23.2. The van der Waals surface area contributed by atoms with Crippen molar-refractivity contribution in [3.05, 3.63) is 0 Å². The van der Waals surface area contributed by atoms with Crippen LogP contribution in [0.2, 0.25) is 0 Å². The summed E-state index contributed by atoms with van der Waals surface area (Å²) in [6.07, 6.45) is 72.9. The van der Waals surface area contributed by atoms with Crippen molar-refractivity contribution in [3.8, 4) is 0 Å². The fourth-order valence-corrected chi connectivity index (χ4v) is 10.6. The Labute approximate surface area is 445 Å². The molecule has 0 aliphatic carbocycles. The van der Waals surface area contributed by atoms with Gasteiger partial charge in [0, 0.05) is 12.8 Å². The predicted octanol–water partition coefficient (Wildman–Crippen LogP) is 20.6. The molecule has 0 rings (SSSR count). The minimum Gasteiger partial charge on any atom is -0.466 e. The number of hydrogen-bond donors (Lipinski definition) is 3. The fourth-order valence-electron chi connectivity index (χ4n) is 10.6. The maximum Gasteiger partial charge on any atom is 0.305 e. The van der Waals surface area contributed by atoms with E-state index in [1.165, 1.54) is 308 Å². The van der Waals surface area contributed by atoms with Gasteiger partial charge in [0.1, 0.15) is 0 Å². The first-order valence-corrected chi connectivity index (χ1v) is 32.8. The number of esters is 1. The highest BCUT2D eigenvalue weighted by atomic mass is 16.5. The number of carbonyl (C=O) groups excluding carboxylic acids is 2. The SMILES string of the molecule is CCCCCCCCCCCCCCCC(=O)OCCCCCCCCCCCCCCCCCCCCCCCCCCCCCCCCCC(=O)NC(CO)C(O)CCCCCCCCCCCC. The summed E-state index contributed by atoms with van der Waals surface area (Å²) in [5.41, 5.74) is 0. The Morgan fingerprint density at radius 2 is 0.577 bits per heavy atom. The van der Waals surface area contributed by atoms with Gasteiger partial charge in [-0.25, -0.2) is 0 Å². The van der Waals surface area contributed by atoms with Crippen molar-refractivity contribution in [1.82, 2.24) is 5.32 Å². The molecule has 1 amide bonds. The molecule has 0 radical (unpaired) electrons. The van der Waals surface area contributed by atoms with E-state index in [0.717, 1.165) is 38.5 Å². The molecule has 6 heteroatoms. The quantitative estimate of drug-likeness (QED) is 0.0417. The molecule has 0 heterocycles. The van der Waals surface area contributed by atoms with E-state index < -0.39 is 12.1 Å². The van der Waals surface area contributed by atoms with Crippen LogP contribution >= 0.6 is 0 Å². The van der Waals surface area contributed by atoms with Gasteiger partial charge in [-0.2, -0.15) is 0 Å². The second kappa shape index (κ2) is 61.4. The zero-order valence-corrected chi connectivity index (χ0v) is 48.5. The van der Waals surface area contributed by atoms with Crippen LogP contribution in [0.4, 0.5) is 0 Å². The van der Waals surface area contributed by atoms with Crippen molar-refractivity contribution >= 4 is 11.9 Å². The molecule has 0 bridgehead atoms. The van der Waals surface area contributed by atoms with Gasteiger partial charge in [0.05, 0.1) is 25.4 Å². The summed E-state index contributed by atoms with van der Waals surface area (Å²) in [4.78, 5) is 24.5. The van der Waals surface area contributed by atoms with Crippen LogP contribution in [-0.2, 0) is 14.3 Å². The molecular formula is C65H129NO5. The Bertz CT molecular complexity index is 1020. The third-order valence-electron chi connectivity index (χ3n) is 15.7. The van der Waals surface area contributed by atoms with E-state index >= 15 is 0 Å². The third kappa shape index (κ3) is 58.0. The number of hydrogen-bond acceptors (Lipinski definition) is 5. The molecule has 2 unspecified atom stereocenters. The summed E-state index contributed by atoms with van der Waals surface area (Å²) >= 11 is 0. The number of nitrogens with one attached hydrogen (secondary N) is 1. The van der Waals surface area contributed by atoms with Gasteiger partial charge in [0.25, 0.3) is 0 Å². The summed E-state index contributed by atoms with van der Waals surface area (Å²) in [5.74, 6) is -0.00714.